The van der Waals surface area contributed by atoms with Crippen LogP contribution >= 0.6 is 27.7 Å². The van der Waals surface area contributed by atoms with Crippen LogP contribution in [0.5, 0.6) is 0 Å². The number of pyridine rings is 2. The Morgan fingerprint density at radius 2 is 2.11 bits per heavy atom. The normalized spacial score (nSPS) is 10.3. The van der Waals surface area contributed by atoms with E-state index >= 15 is 0 Å². The SMILES string of the molecule is Nc1cnc(Sc2ccc(Br)cn2)c(C(=O)O)c1. The third-order valence-corrected chi connectivity index (χ3v) is 3.44. The predicted molar refractivity (Wildman–Crippen MR) is 71.7 cm³/mol. The number of carboxylic acids is 1. The van der Waals surface area contributed by atoms with Crippen LogP contribution in [0.15, 0.2) is 45.1 Å². The summed E-state index contributed by atoms with van der Waals surface area (Å²) >= 11 is 4.46. The molecule has 3 N–H and O–H groups in total. The molecule has 0 bridgehead atoms. The Bertz CT molecular complexity index is 589. The molecule has 0 unspecified atom stereocenters. The molecule has 0 aliphatic carbocycles. The van der Waals surface area contributed by atoms with Crippen molar-refractivity contribution >= 4 is 39.3 Å². The Morgan fingerprint density at radius 3 is 2.72 bits per heavy atom. The molecule has 2 aromatic heterocycles. The molecule has 0 atom stereocenters. The van der Waals surface area contributed by atoms with Gasteiger partial charge in [-0.1, -0.05) is 0 Å². The monoisotopic (exact) mass is 325 g/mol. The lowest BCUT2D eigenvalue weighted by Gasteiger charge is -2.05. The number of halogens is 1. The summed E-state index contributed by atoms with van der Waals surface area (Å²) in [5, 5.41) is 10.1. The summed E-state index contributed by atoms with van der Waals surface area (Å²) in [6.07, 6.45) is 3.06. The van der Waals surface area contributed by atoms with Crippen LogP contribution in [0.1, 0.15) is 10.4 Å². The van der Waals surface area contributed by atoms with Crippen molar-refractivity contribution in [1.82, 2.24) is 9.97 Å². The minimum atomic E-state index is -1.06. The fraction of sp³-hybridized carbons (Fsp3) is 0. The third-order valence-electron chi connectivity index (χ3n) is 2.00. The zero-order valence-electron chi connectivity index (χ0n) is 9.00. The Kier molecular flexibility index (Phi) is 3.83. The summed E-state index contributed by atoms with van der Waals surface area (Å²) in [7, 11) is 0. The molecule has 0 radical (unpaired) electrons. The van der Waals surface area contributed by atoms with Gasteiger partial charge in [-0.05, 0) is 45.9 Å². The van der Waals surface area contributed by atoms with Crippen LogP contribution in [-0.2, 0) is 0 Å². The lowest BCUT2D eigenvalue weighted by Crippen LogP contribution is -2.02. The highest BCUT2D eigenvalue weighted by molar-refractivity contribution is 9.10. The first-order valence-corrected chi connectivity index (χ1v) is 6.45. The molecule has 0 aliphatic rings. The number of nitrogens with two attached hydrogens (primary N) is 1. The van der Waals surface area contributed by atoms with Gasteiger partial charge in [0.05, 0.1) is 17.4 Å². The second-order valence-electron chi connectivity index (χ2n) is 3.34. The van der Waals surface area contributed by atoms with Crippen LogP contribution in [0.2, 0.25) is 0 Å². The minimum absolute atomic E-state index is 0.0738. The van der Waals surface area contributed by atoms with Gasteiger partial charge in [-0.15, -0.1) is 0 Å². The second kappa shape index (κ2) is 5.36. The third kappa shape index (κ3) is 2.99. The highest BCUT2D eigenvalue weighted by Gasteiger charge is 2.13. The van der Waals surface area contributed by atoms with E-state index in [1.54, 1.807) is 12.3 Å². The van der Waals surface area contributed by atoms with Crippen molar-refractivity contribution in [3.63, 3.8) is 0 Å². The zero-order chi connectivity index (χ0) is 13.1. The van der Waals surface area contributed by atoms with Gasteiger partial charge in [0.15, 0.2) is 0 Å². The maximum absolute atomic E-state index is 11.1. The number of aromatic nitrogens is 2. The van der Waals surface area contributed by atoms with Crippen molar-refractivity contribution in [2.24, 2.45) is 0 Å². The average Bonchev–Trinajstić information content (AvgIpc) is 2.34. The molecule has 2 rings (SSSR count). The summed E-state index contributed by atoms with van der Waals surface area (Å²) in [5.41, 5.74) is 5.92. The maximum Gasteiger partial charge on any atom is 0.338 e. The van der Waals surface area contributed by atoms with Crippen LogP contribution in [0, 0.1) is 0 Å². The molecule has 0 saturated heterocycles. The van der Waals surface area contributed by atoms with Crippen LogP contribution in [0.4, 0.5) is 5.69 Å². The van der Waals surface area contributed by atoms with Crippen molar-refractivity contribution in [2.75, 3.05) is 5.73 Å². The maximum atomic E-state index is 11.1. The van der Waals surface area contributed by atoms with Gasteiger partial charge >= 0.3 is 5.97 Å². The minimum Gasteiger partial charge on any atom is -0.478 e. The summed E-state index contributed by atoms with van der Waals surface area (Å²) in [5.74, 6) is -1.06. The van der Waals surface area contributed by atoms with Crippen molar-refractivity contribution < 1.29 is 9.90 Å². The summed E-state index contributed by atoms with van der Waals surface area (Å²) in [6.45, 7) is 0. The average molecular weight is 326 g/mol. The van der Waals surface area contributed by atoms with Gasteiger partial charge in [-0.2, -0.15) is 0 Å². The van der Waals surface area contributed by atoms with Gasteiger partial charge in [0.25, 0.3) is 0 Å². The first kappa shape index (κ1) is 12.8. The fourth-order valence-corrected chi connectivity index (χ4v) is 2.26. The molecular weight excluding hydrogens is 318 g/mol. The van der Waals surface area contributed by atoms with Crippen molar-refractivity contribution in [3.05, 3.63) is 40.6 Å². The number of hydrogen-bond acceptors (Lipinski definition) is 5. The molecule has 5 nitrogen and oxygen atoms in total. The first-order chi connectivity index (χ1) is 8.56. The number of nitrogens with zero attached hydrogens (tertiary/aromatic N) is 2. The molecule has 0 fully saturated rings. The van der Waals surface area contributed by atoms with Gasteiger partial charge in [0, 0.05) is 10.7 Å². The first-order valence-electron chi connectivity index (χ1n) is 4.84. The van der Waals surface area contributed by atoms with E-state index in [4.69, 9.17) is 10.8 Å². The number of carboxylic acid groups (broad SMARTS) is 1. The molecule has 0 amide bonds. The van der Waals surface area contributed by atoms with Gasteiger partial charge in [0.2, 0.25) is 0 Å². The number of carbonyl (C=O) groups is 1. The van der Waals surface area contributed by atoms with E-state index in [2.05, 4.69) is 25.9 Å². The molecular formula is C11H8BrN3O2S. The number of nitrogen functional groups attached to an aromatic ring is 1. The largest absolute Gasteiger partial charge is 0.478 e. The molecule has 0 spiro atoms. The molecule has 7 heteroatoms. The van der Waals surface area contributed by atoms with E-state index in [1.165, 1.54) is 24.0 Å². The van der Waals surface area contributed by atoms with Gasteiger partial charge < -0.3 is 10.8 Å². The van der Waals surface area contributed by atoms with Gasteiger partial charge in [0.1, 0.15) is 10.1 Å². The van der Waals surface area contributed by atoms with Crippen LogP contribution < -0.4 is 5.73 Å². The van der Waals surface area contributed by atoms with Crippen molar-refractivity contribution in [1.29, 1.82) is 0 Å². The molecule has 92 valence electrons. The molecule has 0 aromatic carbocycles. The molecule has 0 saturated carbocycles. The Morgan fingerprint density at radius 1 is 1.33 bits per heavy atom. The highest BCUT2D eigenvalue weighted by atomic mass is 79.9. The number of hydrogen-bond donors (Lipinski definition) is 2. The topological polar surface area (TPSA) is 89.1 Å². The summed E-state index contributed by atoms with van der Waals surface area (Å²) in [6, 6.07) is 4.99. The highest BCUT2D eigenvalue weighted by Crippen LogP contribution is 2.28. The van der Waals surface area contributed by atoms with Gasteiger partial charge in [-0.3, -0.25) is 0 Å². The van der Waals surface area contributed by atoms with Crippen molar-refractivity contribution in [3.8, 4) is 0 Å². The summed E-state index contributed by atoms with van der Waals surface area (Å²) < 4.78 is 0.857. The van der Waals surface area contributed by atoms with E-state index in [0.717, 1.165) is 4.47 Å². The standard InChI is InChI=1S/C11H8BrN3O2S/c12-6-1-2-9(14-4-6)18-10-8(11(16)17)3-7(13)5-15-10/h1-5H,13H2,(H,16,17). The Labute approximate surface area is 116 Å². The number of anilines is 1. The van der Waals surface area contributed by atoms with E-state index in [-0.39, 0.29) is 5.56 Å². The lowest BCUT2D eigenvalue weighted by atomic mass is 10.3. The summed E-state index contributed by atoms with van der Waals surface area (Å²) in [4.78, 5) is 19.3. The van der Waals surface area contributed by atoms with Crippen LogP contribution in [0.25, 0.3) is 0 Å². The van der Waals surface area contributed by atoms with Crippen molar-refractivity contribution in [2.45, 2.75) is 10.1 Å². The van der Waals surface area contributed by atoms with E-state index < -0.39 is 5.97 Å². The number of rotatable bonds is 3. The lowest BCUT2D eigenvalue weighted by molar-refractivity contribution is 0.0692. The Hall–Kier alpha value is -1.60. The molecule has 2 heterocycles. The van der Waals surface area contributed by atoms with Crippen LogP contribution in [0.3, 0.4) is 0 Å². The quantitative estimate of drug-likeness (QED) is 0.901. The molecule has 18 heavy (non-hydrogen) atoms. The second-order valence-corrected chi connectivity index (χ2v) is 5.27. The predicted octanol–water partition coefficient (Wildman–Crippen LogP) is 2.67. The molecule has 2 aromatic rings. The van der Waals surface area contributed by atoms with Crippen LogP contribution in [-0.4, -0.2) is 21.0 Å². The molecule has 0 aliphatic heterocycles. The van der Waals surface area contributed by atoms with Gasteiger partial charge in [-0.25, -0.2) is 14.8 Å². The van der Waals surface area contributed by atoms with E-state index in [9.17, 15) is 4.79 Å². The zero-order valence-corrected chi connectivity index (χ0v) is 11.4. The van der Waals surface area contributed by atoms with E-state index in [0.29, 0.717) is 15.7 Å². The number of aromatic carboxylic acids is 1. The fourth-order valence-electron chi connectivity index (χ4n) is 1.22. The Balaban J connectivity index is 2.34. The smallest absolute Gasteiger partial charge is 0.338 e. The van der Waals surface area contributed by atoms with E-state index in [1.807, 2.05) is 6.07 Å².